The van der Waals surface area contributed by atoms with Crippen molar-refractivity contribution in [1.29, 1.82) is 0 Å². The van der Waals surface area contributed by atoms with Crippen LogP contribution < -0.4 is 10.6 Å². The van der Waals surface area contributed by atoms with Crippen molar-refractivity contribution in [3.8, 4) is 0 Å². The average molecular weight is 332 g/mol. The molecule has 0 radical (unpaired) electrons. The Kier molecular flexibility index (Phi) is 3.12. The highest BCUT2D eigenvalue weighted by molar-refractivity contribution is 5.90. The maximum atomic E-state index is 12.6. The summed E-state index contributed by atoms with van der Waals surface area (Å²) in [6, 6.07) is 0.0541. The number of carbonyl (C=O) groups is 2. The Morgan fingerprint density at radius 3 is 1.88 bits per heavy atom. The molecule has 5 rings (SSSR count). The molecule has 2 bridgehead atoms. The summed E-state index contributed by atoms with van der Waals surface area (Å²) in [7, 11) is 0. The van der Waals surface area contributed by atoms with Crippen LogP contribution in [0.25, 0.3) is 0 Å². The second kappa shape index (κ2) is 4.56. The molecule has 24 heavy (non-hydrogen) atoms. The maximum Gasteiger partial charge on any atom is 0.315 e. The molecule has 2 atom stereocenters. The van der Waals surface area contributed by atoms with Gasteiger partial charge in [-0.1, -0.05) is 34.6 Å². The fourth-order valence-corrected chi connectivity index (χ4v) is 6.39. The van der Waals surface area contributed by atoms with Crippen molar-refractivity contribution in [2.45, 2.75) is 84.7 Å². The van der Waals surface area contributed by atoms with E-state index in [-0.39, 0.29) is 28.4 Å². The first-order valence-corrected chi connectivity index (χ1v) is 9.60. The molecule has 0 saturated heterocycles. The van der Waals surface area contributed by atoms with Crippen LogP contribution in [0, 0.1) is 28.1 Å². The van der Waals surface area contributed by atoms with Gasteiger partial charge in [0.05, 0.1) is 0 Å². The lowest BCUT2D eigenvalue weighted by molar-refractivity contribution is -0.140. The number of hydrogen-bond acceptors (Lipinski definition) is 2. The zero-order valence-corrected chi connectivity index (χ0v) is 15.8. The normalized spacial score (nSPS) is 45.0. The van der Waals surface area contributed by atoms with Gasteiger partial charge in [-0.2, -0.15) is 0 Å². The number of rotatable bonds is 2. The zero-order chi connectivity index (χ0) is 17.5. The first-order valence-electron chi connectivity index (χ1n) is 9.60. The summed E-state index contributed by atoms with van der Waals surface area (Å²) in [4.78, 5) is 25.1. The van der Waals surface area contributed by atoms with Crippen molar-refractivity contribution < 1.29 is 9.59 Å². The van der Waals surface area contributed by atoms with Crippen molar-refractivity contribution in [3.05, 3.63) is 0 Å². The molecule has 0 aromatic rings. The lowest BCUT2D eigenvalue weighted by Gasteiger charge is -2.55. The van der Waals surface area contributed by atoms with Crippen molar-refractivity contribution in [1.82, 2.24) is 10.6 Å². The number of urea groups is 1. The number of carbonyl (C=O) groups excluding carboxylic acids is 2. The molecule has 4 nitrogen and oxygen atoms in total. The summed E-state index contributed by atoms with van der Waals surface area (Å²) in [5.74, 6) is 1.96. The first kappa shape index (κ1) is 16.4. The van der Waals surface area contributed by atoms with Crippen LogP contribution in [0.3, 0.4) is 0 Å². The number of amides is 2. The predicted molar refractivity (Wildman–Crippen MR) is 93.5 cm³/mol. The summed E-state index contributed by atoms with van der Waals surface area (Å²) in [6.45, 7) is 10.5. The Morgan fingerprint density at radius 1 is 0.875 bits per heavy atom. The molecule has 0 aromatic heterocycles. The fourth-order valence-electron chi connectivity index (χ4n) is 6.39. The molecule has 0 heterocycles. The molecular formula is C20H32N2O2. The largest absolute Gasteiger partial charge is 0.335 e. The maximum absolute atomic E-state index is 12.6. The predicted octanol–water partition coefficient (Wildman–Crippen LogP) is 3.65. The van der Waals surface area contributed by atoms with E-state index in [2.05, 4.69) is 17.6 Å². The van der Waals surface area contributed by atoms with Gasteiger partial charge in [-0.05, 0) is 55.8 Å². The van der Waals surface area contributed by atoms with E-state index in [4.69, 9.17) is 0 Å². The molecule has 5 fully saturated rings. The third-order valence-electron chi connectivity index (χ3n) is 7.76. The van der Waals surface area contributed by atoms with Crippen LogP contribution in [0.15, 0.2) is 0 Å². The average Bonchev–Trinajstić information content (AvgIpc) is 3.05. The second-order valence-corrected chi connectivity index (χ2v) is 10.8. The summed E-state index contributed by atoms with van der Waals surface area (Å²) >= 11 is 0. The van der Waals surface area contributed by atoms with Gasteiger partial charge < -0.3 is 10.6 Å². The highest BCUT2D eigenvalue weighted by Crippen LogP contribution is 2.73. The molecule has 5 aliphatic rings. The summed E-state index contributed by atoms with van der Waals surface area (Å²) in [5, 5.41) is 6.50. The van der Waals surface area contributed by atoms with Crippen LogP contribution in [0.5, 0.6) is 0 Å². The highest BCUT2D eigenvalue weighted by atomic mass is 16.2. The van der Waals surface area contributed by atoms with Gasteiger partial charge >= 0.3 is 6.03 Å². The van der Waals surface area contributed by atoms with Crippen LogP contribution in [0.1, 0.15) is 73.1 Å². The van der Waals surface area contributed by atoms with Crippen molar-refractivity contribution >= 4 is 11.8 Å². The summed E-state index contributed by atoms with van der Waals surface area (Å²) < 4.78 is 0. The van der Waals surface area contributed by atoms with Crippen molar-refractivity contribution in [2.24, 2.45) is 28.1 Å². The molecule has 2 amide bonds. The Labute approximate surface area is 145 Å². The van der Waals surface area contributed by atoms with E-state index in [1.165, 1.54) is 6.42 Å². The smallest absolute Gasteiger partial charge is 0.315 e. The Morgan fingerprint density at radius 2 is 1.38 bits per heavy atom. The van der Waals surface area contributed by atoms with E-state index < -0.39 is 0 Å². The molecule has 0 spiro atoms. The third kappa shape index (κ3) is 2.32. The molecule has 1 unspecified atom stereocenters. The quantitative estimate of drug-likeness (QED) is 0.811. The van der Waals surface area contributed by atoms with Crippen LogP contribution in [-0.2, 0) is 4.79 Å². The van der Waals surface area contributed by atoms with Gasteiger partial charge in [0, 0.05) is 22.4 Å². The molecular weight excluding hydrogens is 300 g/mol. The molecule has 0 aliphatic heterocycles. The van der Waals surface area contributed by atoms with Gasteiger partial charge in [0.25, 0.3) is 0 Å². The fraction of sp³-hybridized carbons (Fsp3) is 0.900. The van der Waals surface area contributed by atoms with Crippen LogP contribution >= 0.6 is 0 Å². The van der Waals surface area contributed by atoms with E-state index in [1.54, 1.807) is 0 Å². The SMILES string of the molecule is CC1(C)CC(NC(=O)NC23CC(C2)[C@]2(C)CC2C3)CC(C)(C)C1=O. The van der Waals surface area contributed by atoms with Gasteiger partial charge in [0.15, 0.2) is 0 Å². The molecule has 5 aliphatic carbocycles. The van der Waals surface area contributed by atoms with Crippen molar-refractivity contribution in [3.63, 3.8) is 0 Å². The molecule has 2 N–H and O–H groups in total. The molecule has 0 aromatic carbocycles. The number of nitrogens with one attached hydrogen (secondary N) is 2. The number of hydrogen-bond donors (Lipinski definition) is 2. The topological polar surface area (TPSA) is 58.2 Å². The Bertz CT molecular complexity index is 583. The van der Waals surface area contributed by atoms with Gasteiger partial charge in [0.1, 0.15) is 5.78 Å². The molecule has 134 valence electrons. The third-order valence-corrected chi connectivity index (χ3v) is 7.76. The Hall–Kier alpha value is -1.06. The molecule has 4 heteroatoms. The van der Waals surface area contributed by atoms with Crippen LogP contribution in [0.2, 0.25) is 0 Å². The van der Waals surface area contributed by atoms with E-state index in [1.807, 2.05) is 27.7 Å². The minimum atomic E-state index is -0.361. The zero-order valence-electron chi connectivity index (χ0n) is 15.8. The number of ketones is 1. The van der Waals surface area contributed by atoms with Crippen molar-refractivity contribution in [2.75, 3.05) is 0 Å². The van der Waals surface area contributed by atoms with E-state index in [9.17, 15) is 9.59 Å². The highest BCUT2D eigenvalue weighted by Gasteiger charge is 2.69. The van der Waals surface area contributed by atoms with Gasteiger partial charge in [-0.3, -0.25) is 4.79 Å². The van der Waals surface area contributed by atoms with Gasteiger partial charge in [0.2, 0.25) is 0 Å². The first-order chi connectivity index (χ1) is 11.0. The summed E-state index contributed by atoms with van der Waals surface area (Å²) in [5.41, 5.74) is -0.0664. The monoisotopic (exact) mass is 332 g/mol. The number of Topliss-reactive ketones (excluding diaryl/α,β-unsaturated/α-hetero) is 1. The van der Waals surface area contributed by atoms with Crippen LogP contribution in [-0.4, -0.2) is 23.4 Å². The minimum absolute atomic E-state index is 0.0244. The van der Waals surface area contributed by atoms with Gasteiger partial charge in [-0.25, -0.2) is 4.79 Å². The Balaban J connectivity index is 1.36. The van der Waals surface area contributed by atoms with E-state index in [0.29, 0.717) is 11.2 Å². The van der Waals surface area contributed by atoms with Crippen LogP contribution in [0.4, 0.5) is 4.79 Å². The minimum Gasteiger partial charge on any atom is -0.335 e. The van der Waals surface area contributed by atoms with Gasteiger partial charge in [-0.15, -0.1) is 0 Å². The van der Waals surface area contributed by atoms with E-state index >= 15 is 0 Å². The lowest BCUT2D eigenvalue weighted by Crippen LogP contribution is -2.64. The molecule has 5 saturated carbocycles. The lowest BCUT2D eigenvalue weighted by atomic mass is 9.55. The standard InChI is InChI=1S/C20H32N2O2/c1-17(2)10-14(11-18(3,4)15(17)23)21-16(24)22-20-7-12-6-19(12,5)13(8-20)9-20/h12-14H,6-11H2,1-5H3,(H2,21,22,24)/t12?,13?,19-,20?/m1/s1. The summed E-state index contributed by atoms with van der Waals surface area (Å²) in [6.07, 6.45) is 6.31. The van der Waals surface area contributed by atoms with E-state index in [0.717, 1.165) is 43.9 Å². The second-order valence-electron chi connectivity index (χ2n) is 10.8.